The Morgan fingerprint density at radius 1 is 1.12 bits per heavy atom. The average Bonchev–Trinajstić information content (AvgIpc) is 3.42. The van der Waals surface area contributed by atoms with Crippen LogP contribution in [0.15, 0.2) is 52.8 Å². The van der Waals surface area contributed by atoms with Gasteiger partial charge >= 0.3 is 0 Å². The molecule has 0 amide bonds. The van der Waals surface area contributed by atoms with Crippen molar-refractivity contribution in [2.24, 2.45) is 5.41 Å². The van der Waals surface area contributed by atoms with Gasteiger partial charge in [-0.05, 0) is 53.8 Å². The van der Waals surface area contributed by atoms with Crippen LogP contribution in [-0.4, -0.2) is 61.0 Å². The molecule has 4 aromatic heterocycles. The van der Waals surface area contributed by atoms with Crippen molar-refractivity contribution in [1.82, 2.24) is 24.3 Å². The maximum absolute atomic E-state index is 6.44. The van der Waals surface area contributed by atoms with Crippen molar-refractivity contribution < 1.29 is 0 Å². The van der Waals surface area contributed by atoms with E-state index < -0.39 is 0 Å². The number of halogens is 1. The van der Waals surface area contributed by atoms with Crippen molar-refractivity contribution >= 4 is 69.7 Å². The molecule has 6 rings (SSSR count). The number of imidazole rings is 1. The Kier molecular flexibility index (Phi) is 5.41. The van der Waals surface area contributed by atoms with Crippen molar-refractivity contribution in [3.8, 4) is 0 Å². The Morgan fingerprint density at radius 2 is 1.94 bits per heavy atom. The quantitative estimate of drug-likeness (QED) is 0.392. The number of nitrogens with zero attached hydrogens (tertiary/aromatic N) is 6. The van der Waals surface area contributed by atoms with Gasteiger partial charge in [-0.1, -0.05) is 29.4 Å². The van der Waals surface area contributed by atoms with Crippen molar-refractivity contribution in [3.63, 3.8) is 0 Å². The fourth-order valence-corrected chi connectivity index (χ4v) is 6.92. The molecule has 0 radical (unpaired) electrons. The van der Waals surface area contributed by atoms with E-state index in [9.17, 15) is 0 Å². The van der Waals surface area contributed by atoms with Gasteiger partial charge in [-0.25, -0.2) is 9.97 Å². The lowest BCUT2D eigenvalue weighted by atomic mass is 9.61. The van der Waals surface area contributed by atoms with E-state index in [0.29, 0.717) is 16.3 Å². The number of hydrogen-bond acceptors (Lipinski definition) is 6. The first-order valence-electron chi connectivity index (χ1n) is 11.8. The molecular formula is C23H24B3ClN6S. The van der Waals surface area contributed by atoms with Crippen LogP contribution < -0.4 is 16.1 Å². The van der Waals surface area contributed by atoms with Crippen molar-refractivity contribution in [3.05, 3.63) is 59.3 Å². The molecule has 1 saturated heterocycles. The number of fused-ring (bicyclic) bond motifs is 2. The molecule has 11 heteroatoms. The maximum atomic E-state index is 6.44. The van der Waals surface area contributed by atoms with E-state index >= 15 is 0 Å². The predicted molar refractivity (Wildman–Crippen MR) is 146 cm³/mol. The van der Waals surface area contributed by atoms with Crippen LogP contribution >= 0.6 is 23.4 Å². The molecule has 1 unspecified atom stereocenters. The van der Waals surface area contributed by atoms with Crippen LogP contribution in [0.3, 0.4) is 0 Å². The fraction of sp³-hybridized carbons (Fsp3) is 0.304. The second-order valence-electron chi connectivity index (χ2n) is 9.59. The minimum absolute atomic E-state index is 0.308. The van der Waals surface area contributed by atoms with Gasteiger partial charge in [-0.15, -0.1) is 0 Å². The lowest BCUT2D eigenvalue weighted by Crippen LogP contribution is -2.44. The van der Waals surface area contributed by atoms with E-state index in [1.807, 2.05) is 32.5 Å². The Hall–Kier alpha value is -2.45. The minimum atomic E-state index is 0.308. The zero-order valence-corrected chi connectivity index (χ0v) is 21.2. The Morgan fingerprint density at radius 3 is 2.74 bits per heavy atom. The summed E-state index contributed by atoms with van der Waals surface area (Å²) < 4.78 is 2.13. The van der Waals surface area contributed by atoms with E-state index in [4.69, 9.17) is 21.6 Å². The van der Waals surface area contributed by atoms with E-state index in [-0.39, 0.29) is 0 Å². The molecule has 1 atom stereocenters. The van der Waals surface area contributed by atoms with Gasteiger partial charge in [0.1, 0.15) is 7.85 Å². The maximum Gasteiger partial charge on any atom is 0.210 e. The molecule has 2 aliphatic rings. The molecule has 0 aromatic carbocycles. The molecular weight excluding hydrogens is 460 g/mol. The highest BCUT2D eigenvalue weighted by Crippen LogP contribution is 2.51. The fourth-order valence-electron chi connectivity index (χ4n) is 5.67. The zero-order chi connectivity index (χ0) is 23.4. The van der Waals surface area contributed by atoms with Crippen LogP contribution in [0, 0.1) is 5.41 Å². The second kappa shape index (κ2) is 8.34. The molecule has 1 fully saturated rings. The first-order valence-corrected chi connectivity index (χ1v) is 13.0. The summed E-state index contributed by atoms with van der Waals surface area (Å²) in [6.07, 6.45) is 10.9. The standard InChI is InChI=1S/C23H24B3ClN6S/c24-17-10-16(14(27)12-30-17)34-18-20(26)31-22(33-9-6-29-21(18)33)32-7-3-23(4-8-32)11-15-13(19(23)25)2-1-5-28-15/h1-2,5-6,9-10,12,19H,3-4,7-8,11,24-26H2. The summed E-state index contributed by atoms with van der Waals surface area (Å²) in [7, 11) is 6.43. The smallest absolute Gasteiger partial charge is 0.210 e. The minimum Gasteiger partial charge on any atom is -0.342 e. The molecule has 6 nitrogen and oxygen atoms in total. The Balaban J connectivity index is 1.29. The van der Waals surface area contributed by atoms with E-state index in [0.717, 1.165) is 64.9 Å². The highest BCUT2D eigenvalue weighted by molar-refractivity contribution is 7.99. The largest absolute Gasteiger partial charge is 0.342 e. The molecule has 1 spiro atoms. The topological polar surface area (TPSA) is 59.2 Å². The summed E-state index contributed by atoms with van der Waals surface area (Å²) in [6, 6.07) is 6.35. The molecule has 1 aliphatic heterocycles. The van der Waals surface area contributed by atoms with Gasteiger partial charge in [-0.3, -0.25) is 14.4 Å². The first-order chi connectivity index (χ1) is 16.4. The van der Waals surface area contributed by atoms with Gasteiger partial charge in [0.2, 0.25) is 5.95 Å². The molecule has 0 saturated carbocycles. The van der Waals surface area contributed by atoms with Crippen molar-refractivity contribution in [1.29, 1.82) is 0 Å². The number of rotatable bonds is 3. The summed E-state index contributed by atoms with van der Waals surface area (Å²) in [4.78, 5) is 23.2. The van der Waals surface area contributed by atoms with Gasteiger partial charge in [0, 0.05) is 54.1 Å². The van der Waals surface area contributed by atoms with Gasteiger partial charge in [0.05, 0.1) is 9.92 Å². The van der Waals surface area contributed by atoms with Crippen molar-refractivity contribution in [2.75, 3.05) is 18.0 Å². The molecule has 0 N–H and O–H groups in total. The molecule has 5 heterocycles. The van der Waals surface area contributed by atoms with Crippen LogP contribution in [-0.2, 0) is 6.42 Å². The van der Waals surface area contributed by atoms with Crippen LogP contribution in [0.1, 0.15) is 29.9 Å². The predicted octanol–water partition coefficient (Wildman–Crippen LogP) is 0.358. The zero-order valence-electron chi connectivity index (χ0n) is 19.6. The normalized spacial score (nSPS) is 19.1. The van der Waals surface area contributed by atoms with Crippen molar-refractivity contribution in [2.45, 2.75) is 34.9 Å². The third-order valence-electron chi connectivity index (χ3n) is 7.70. The van der Waals surface area contributed by atoms with Gasteiger partial charge in [0.15, 0.2) is 21.3 Å². The second-order valence-corrected chi connectivity index (χ2v) is 11.1. The van der Waals surface area contributed by atoms with E-state index in [1.165, 1.54) is 11.3 Å². The molecule has 168 valence electrons. The van der Waals surface area contributed by atoms with Crippen LogP contribution in [0.4, 0.5) is 5.95 Å². The number of piperidine rings is 1. The SMILES string of the molecule is Bc1cc(Sc2c(B)nc(N3CCC4(CC3)Cc3ncccc3C4B)n3ccnc23)c(Cl)cn1. The van der Waals surface area contributed by atoms with Crippen LogP contribution in [0.2, 0.25) is 5.02 Å². The Labute approximate surface area is 211 Å². The molecule has 0 bridgehead atoms. The van der Waals surface area contributed by atoms with Gasteiger partial charge in [0.25, 0.3) is 0 Å². The van der Waals surface area contributed by atoms with Crippen LogP contribution in [0.25, 0.3) is 5.65 Å². The highest BCUT2D eigenvalue weighted by atomic mass is 35.5. The third-order valence-corrected chi connectivity index (χ3v) is 9.35. The summed E-state index contributed by atoms with van der Waals surface area (Å²) in [5, 5.41) is 0.645. The number of hydrogen-bond donors (Lipinski definition) is 0. The summed E-state index contributed by atoms with van der Waals surface area (Å²) in [6.45, 7) is 1.97. The first kappa shape index (κ1) is 22.0. The summed E-state index contributed by atoms with van der Waals surface area (Å²) in [5.41, 5.74) is 5.87. The van der Waals surface area contributed by atoms with E-state index in [2.05, 4.69) is 47.1 Å². The highest BCUT2D eigenvalue weighted by Gasteiger charge is 2.46. The Bertz CT molecular complexity index is 1400. The monoisotopic (exact) mass is 484 g/mol. The number of anilines is 1. The van der Waals surface area contributed by atoms with Gasteiger partial charge < -0.3 is 4.90 Å². The third kappa shape index (κ3) is 3.54. The summed E-state index contributed by atoms with van der Waals surface area (Å²) in [5.74, 6) is 1.52. The average molecular weight is 484 g/mol. The lowest BCUT2D eigenvalue weighted by Gasteiger charge is -2.43. The molecule has 1 aliphatic carbocycles. The molecule has 4 aromatic rings. The van der Waals surface area contributed by atoms with E-state index in [1.54, 1.807) is 18.0 Å². The molecule has 34 heavy (non-hydrogen) atoms. The lowest BCUT2D eigenvalue weighted by molar-refractivity contribution is 0.222. The summed E-state index contributed by atoms with van der Waals surface area (Å²) >= 11 is 8.05. The van der Waals surface area contributed by atoms with Crippen LogP contribution in [0.5, 0.6) is 0 Å². The number of pyridine rings is 2. The number of aromatic nitrogens is 5. The van der Waals surface area contributed by atoms with Gasteiger partial charge in [-0.2, -0.15) is 0 Å².